The maximum absolute atomic E-state index is 10.9. The Balaban J connectivity index is 1.53. The number of nitrogens with two attached hydrogens (primary N) is 3. The number of carboxylic acids is 1. The van der Waals surface area contributed by atoms with Crippen LogP contribution in [0, 0.1) is 0 Å². The lowest BCUT2D eigenvalue weighted by Gasteiger charge is -2.24. The second-order valence-electron chi connectivity index (χ2n) is 8.76. The Labute approximate surface area is 201 Å². The van der Waals surface area contributed by atoms with E-state index in [1.54, 1.807) is 22.7 Å². The molecule has 2 aromatic heterocycles. The smallest absolute Gasteiger partial charge is 0.320 e. The first-order valence-corrected chi connectivity index (χ1v) is 12.4. The van der Waals surface area contributed by atoms with E-state index in [-0.39, 0.29) is 24.1 Å². The zero-order valence-corrected chi connectivity index (χ0v) is 20.0. The quantitative estimate of drug-likeness (QED) is 0.263. The van der Waals surface area contributed by atoms with E-state index >= 15 is 0 Å². The molecule has 0 radical (unpaired) electrons. The van der Waals surface area contributed by atoms with Crippen LogP contribution in [0.1, 0.15) is 32.9 Å². The molecule has 14 heteroatoms. The van der Waals surface area contributed by atoms with Crippen LogP contribution in [-0.4, -0.2) is 85.3 Å². The van der Waals surface area contributed by atoms with Gasteiger partial charge in [0, 0.05) is 12.3 Å². The molecule has 2 aliphatic heterocycles. The van der Waals surface area contributed by atoms with Crippen molar-refractivity contribution in [1.82, 2.24) is 19.5 Å². The molecule has 0 aromatic carbocycles. The highest BCUT2D eigenvalue weighted by Crippen LogP contribution is 2.44. The number of nitrogens with one attached hydrogen (secondary N) is 1. The number of carbonyl (C=O) groups is 1. The maximum Gasteiger partial charge on any atom is 0.320 e. The SMILES string of the molecule is CC1(C)O[C@@H]2[C@@H](O1)[C@@H](CSCC[C@H](N)C(=O)O)O[C@H]2n1cnc2c(N)nc(NCCCN)nc21. The standard InChI is InChI=1S/C20H32N8O5S/c1-20(2)32-13-11(8-34-7-4-10(22)18(29)30)31-17(14(13)33-20)28-9-25-12-15(23)26-19(27-16(12)28)24-6-3-5-21/h9-11,13-14,17H,3-8,21-22H2,1-2H3,(H,29,30)(H3,23,24,26,27)/t10-,11+,13-,14+,17+/m0/s1. The lowest BCUT2D eigenvalue weighted by atomic mass is 10.1. The van der Waals surface area contributed by atoms with E-state index in [9.17, 15) is 4.79 Å². The van der Waals surface area contributed by atoms with Crippen molar-refractivity contribution in [1.29, 1.82) is 0 Å². The van der Waals surface area contributed by atoms with Gasteiger partial charge in [-0.2, -0.15) is 21.7 Å². The summed E-state index contributed by atoms with van der Waals surface area (Å²) in [4.78, 5) is 24.2. The van der Waals surface area contributed by atoms with E-state index in [1.807, 2.05) is 13.8 Å². The van der Waals surface area contributed by atoms with Crippen LogP contribution < -0.4 is 22.5 Å². The third kappa shape index (κ3) is 5.21. The number of hydrogen-bond acceptors (Lipinski definition) is 12. The molecule has 0 unspecified atom stereocenters. The summed E-state index contributed by atoms with van der Waals surface area (Å²) >= 11 is 1.57. The Morgan fingerprint density at radius 1 is 1.35 bits per heavy atom. The first-order valence-electron chi connectivity index (χ1n) is 11.2. The first kappa shape index (κ1) is 24.9. The minimum absolute atomic E-state index is 0.263. The number of fused-ring (bicyclic) bond motifs is 2. The molecule has 4 rings (SSSR count). The van der Waals surface area contributed by atoms with E-state index in [4.69, 9.17) is 36.5 Å². The predicted octanol–water partition coefficient (Wildman–Crippen LogP) is 0.122. The fourth-order valence-corrected chi connectivity index (χ4v) is 5.14. The predicted molar refractivity (Wildman–Crippen MR) is 127 cm³/mol. The van der Waals surface area contributed by atoms with Gasteiger partial charge in [0.2, 0.25) is 5.95 Å². The molecule has 13 nitrogen and oxygen atoms in total. The van der Waals surface area contributed by atoms with Gasteiger partial charge in [-0.25, -0.2) is 4.98 Å². The van der Waals surface area contributed by atoms with Gasteiger partial charge >= 0.3 is 5.97 Å². The summed E-state index contributed by atoms with van der Waals surface area (Å²) in [5.41, 5.74) is 18.3. The van der Waals surface area contributed by atoms with Crippen LogP contribution in [0.2, 0.25) is 0 Å². The van der Waals surface area contributed by atoms with Crippen LogP contribution in [-0.2, 0) is 19.0 Å². The molecule has 2 fully saturated rings. The Bertz CT molecular complexity index is 1020. The zero-order chi connectivity index (χ0) is 24.5. The number of anilines is 2. The van der Waals surface area contributed by atoms with Gasteiger partial charge in [-0.3, -0.25) is 9.36 Å². The molecule has 0 spiro atoms. The van der Waals surface area contributed by atoms with Crippen LogP contribution in [0.25, 0.3) is 11.2 Å². The third-order valence-corrected chi connectivity index (χ3v) is 6.77. The third-order valence-electron chi connectivity index (χ3n) is 5.68. The summed E-state index contributed by atoms with van der Waals surface area (Å²) in [5.74, 6) is 0.0664. The Morgan fingerprint density at radius 3 is 2.85 bits per heavy atom. The molecule has 2 aliphatic rings. The molecule has 0 bridgehead atoms. The van der Waals surface area contributed by atoms with Crippen molar-refractivity contribution in [2.75, 3.05) is 35.6 Å². The average Bonchev–Trinajstić information content (AvgIpc) is 3.42. The average molecular weight is 497 g/mol. The lowest BCUT2D eigenvalue weighted by molar-refractivity contribution is -0.193. The zero-order valence-electron chi connectivity index (χ0n) is 19.2. The van der Waals surface area contributed by atoms with E-state index in [0.29, 0.717) is 48.1 Å². The molecule has 2 saturated heterocycles. The van der Waals surface area contributed by atoms with Gasteiger partial charge in [-0.1, -0.05) is 0 Å². The van der Waals surface area contributed by atoms with E-state index in [2.05, 4.69) is 20.3 Å². The molecule has 5 atom stereocenters. The molecule has 8 N–H and O–H groups in total. The second kappa shape index (κ2) is 10.2. The monoisotopic (exact) mass is 496 g/mol. The van der Waals surface area contributed by atoms with Gasteiger partial charge in [0.1, 0.15) is 23.8 Å². The van der Waals surface area contributed by atoms with Gasteiger partial charge in [-0.15, -0.1) is 0 Å². The summed E-state index contributed by atoms with van der Waals surface area (Å²) in [6, 6.07) is -0.877. The first-order chi connectivity index (χ1) is 16.2. The number of nitrogen functional groups attached to an aromatic ring is 1. The number of hydrogen-bond donors (Lipinski definition) is 5. The Kier molecular flexibility index (Phi) is 7.45. The molecule has 34 heavy (non-hydrogen) atoms. The second-order valence-corrected chi connectivity index (χ2v) is 9.91. The summed E-state index contributed by atoms with van der Waals surface area (Å²) in [7, 11) is 0. The number of rotatable bonds is 11. The molecular weight excluding hydrogens is 464 g/mol. The molecule has 0 amide bonds. The van der Waals surface area contributed by atoms with Gasteiger partial charge in [-0.05, 0) is 39.0 Å². The van der Waals surface area contributed by atoms with Crippen molar-refractivity contribution in [3.05, 3.63) is 6.33 Å². The highest BCUT2D eigenvalue weighted by Gasteiger charge is 2.56. The van der Waals surface area contributed by atoms with Crippen LogP contribution in [0.15, 0.2) is 6.33 Å². The van der Waals surface area contributed by atoms with Crippen molar-refractivity contribution in [2.45, 2.75) is 63.1 Å². The fraction of sp³-hybridized carbons (Fsp3) is 0.700. The topological polar surface area (TPSA) is 199 Å². The molecular formula is C20H32N8O5S. The number of aliphatic carboxylic acids is 1. The van der Waals surface area contributed by atoms with Crippen LogP contribution >= 0.6 is 11.8 Å². The summed E-state index contributed by atoms with van der Waals surface area (Å²) in [6.45, 7) is 4.90. The highest BCUT2D eigenvalue weighted by molar-refractivity contribution is 7.99. The largest absolute Gasteiger partial charge is 0.480 e. The molecule has 4 heterocycles. The van der Waals surface area contributed by atoms with Crippen LogP contribution in [0.5, 0.6) is 0 Å². The van der Waals surface area contributed by atoms with Gasteiger partial charge in [0.15, 0.2) is 23.5 Å². The summed E-state index contributed by atoms with van der Waals surface area (Å²) in [6.07, 6.45) is 1.26. The van der Waals surface area contributed by atoms with Crippen molar-refractivity contribution in [2.24, 2.45) is 11.5 Å². The minimum atomic E-state index is -1.00. The lowest BCUT2D eigenvalue weighted by Crippen LogP contribution is -2.32. The van der Waals surface area contributed by atoms with Crippen LogP contribution in [0.4, 0.5) is 11.8 Å². The van der Waals surface area contributed by atoms with Gasteiger partial charge in [0.05, 0.1) is 12.4 Å². The molecule has 188 valence electrons. The van der Waals surface area contributed by atoms with E-state index in [0.717, 1.165) is 6.42 Å². The van der Waals surface area contributed by atoms with Gasteiger partial charge < -0.3 is 41.8 Å². The number of nitrogens with zero attached hydrogens (tertiary/aromatic N) is 4. The maximum atomic E-state index is 10.9. The van der Waals surface area contributed by atoms with E-state index < -0.39 is 24.0 Å². The number of aromatic nitrogens is 4. The Morgan fingerprint density at radius 2 is 2.12 bits per heavy atom. The van der Waals surface area contributed by atoms with E-state index in [1.165, 1.54) is 0 Å². The number of thioether (sulfide) groups is 1. The van der Waals surface area contributed by atoms with Crippen molar-refractivity contribution in [3.8, 4) is 0 Å². The highest BCUT2D eigenvalue weighted by atomic mass is 32.2. The Hall–Kier alpha value is -2.23. The summed E-state index contributed by atoms with van der Waals surface area (Å²) < 4.78 is 20.5. The molecule has 0 saturated carbocycles. The molecule has 2 aromatic rings. The van der Waals surface area contributed by atoms with Crippen LogP contribution in [0.3, 0.4) is 0 Å². The summed E-state index contributed by atoms with van der Waals surface area (Å²) in [5, 5.41) is 12.1. The van der Waals surface area contributed by atoms with Crippen molar-refractivity contribution in [3.63, 3.8) is 0 Å². The number of ether oxygens (including phenoxy) is 3. The number of carboxylic acid groups (broad SMARTS) is 1. The fourth-order valence-electron chi connectivity index (χ4n) is 4.06. The van der Waals surface area contributed by atoms with Crippen molar-refractivity contribution < 1.29 is 24.1 Å². The minimum Gasteiger partial charge on any atom is -0.480 e. The number of imidazole rings is 1. The normalized spacial score (nSPS) is 26.6. The van der Waals surface area contributed by atoms with Gasteiger partial charge in [0.25, 0.3) is 0 Å². The molecule has 0 aliphatic carbocycles. The van der Waals surface area contributed by atoms with Crippen molar-refractivity contribution >= 4 is 40.7 Å².